The van der Waals surface area contributed by atoms with Crippen LogP contribution >= 0.6 is 11.3 Å². The fourth-order valence-electron chi connectivity index (χ4n) is 2.75. The molecule has 3 nitrogen and oxygen atoms in total. The van der Waals surface area contributed by atoms with Crippen molar-refractivity contribution < 1.29 is 4.39 Å². The van der Waals surface area contributed by atoms with Crippen LogP contribution in [0.5, 0.6) is 0 Å². The lowest BCUT2D eigenvalue weighted by atomic mass is 10.1. The number of thiazole rings is 1. The minimum absolute atomic E-state index is 0.0683. The Morgan fingerprint density at radius 2 is 1.68 bits per heavy atom. The van der Waals surface area contributed by atoms with Crippen LogP contribution in [0, 0.1) is 5.82 Å². The molecule has 1 aromatic heterocycles. The third kappa shape index (κ3) is 4.87. The first kappa shape index (κ1) is 17.6. The predicted molar refractivity (Wildman–Crippen MR) is 102 cm³/mol. The van der Waals surface area contributed by atoms with Crippen molar-refractivity contribution in [2.24, 2.45) is 0 Å². The van der Waals surface area contributed by atoms with E-state index in [1.165, 1.54) is 29.0 Å². The molecule has 0 atom stereocenters. The predicted octanol–water partition coefficient (Wildman–Crippen LogP) is 3.96. The van der Waals surface area contributed by atoms with Gasteiger partial charge in [-0.1, -0.05) is 41.7 Å². The Bertz CT molecular complexity index is 855. The van der Waals surface area contributed by atoms with Crippen LogP contribution in [0.1, 0.15) is 10.4 Å². The Morgan fingerprint density at radius 1 is 1.00 bits per heavy atom. The largest absolute Gasteiger partial charge is 0.312 e. The summed E-state index contributed by atoms with van der Waals surface area (Å²) in [5, 5.41) is 0. The number of benzene rings is 2. The summed E-state index contributed by atoms with van der Waals surface area (Å²) in [5.74, 6) is -0.275. The maximum absolute atomic E-state index is 13.1. The molecule has 1 heterocycles. The summed E-state index contributed by atoms with van der Waals surface area (Å²) in [7, 11) is 2.09. The second kappa shape index (κ2) is 8.23. The zero-order chi connectivity index (χ0) is 17.6. The number of rotatable bonds is 7. The summed E-state index contributed by atoms with van der Waals surface area (Å²) in [5.41, 5.74) is 2.99. The minimum Gasteiger partial charge on any atom is -0.312 e. The zero-order valence-corrected chi connectivity index (χ0v) is 15.0. The summed E-state index contributed by atoms with van der Waals surface area (Å²) in [6.07, 6.45) is 1.80. The van der Waals surface area contributed by atoms with Gasteiger partial charge in [-0.05, 0) is 55.3 Å². The number of hydrogen-bond acceptors (Lipinski definition) is 3. The molecule has 0 aliphatic carbocycles. The van der Waals surface area contributed by atoms with Gasteiger partial charge in [-0.25, -0.2) is 4.39 Å². The molecular weight excluding hydrogens is 335 g/mol. The van der Waals surface area contributed by atoms with Crippen LogP contribution in [-0.4, -0.2) is 30.0 Å². The molecule has 130 valence electrons. The van der Waals surface area contributed by atoms with Crippen molar-refractivity contribution >= 4 is 11.3 Å². The lowest BCUT2D eigenvalue weighted by Crippen LogP contribution is -2.23. The van der Waals surface area contributed by atoms with E-state index in [2.05, 4.69) is 41.2 Å². The highest BCUT2D eigenvalue weighted by atomic mass is 32.1. The fourth-order valence-corrected chi connectivity index (χ4v) is 3.60. The molecule has 25 heavy (non-hydrogen) atoms. The van der Waals surface area contributed by atoms with E-state index >= 15 is 0 Å². The van der Waals surface area contributed by atoms with Crippen molar-refractivity contribution in [2.45, 2.75) is 12.8 Å². The number of H-pyrrole nitrogens is 1. The first-order chi connectivity index (χ1) is 12.1. The highest BCUT2D eigenvalue weighted by molar-refractivity contribution is 7.09. The van der Waals surface area contributed by atoms with Gasteiger partial charge >= 0.3 is 4.87 Å². The maximum Gasteiger partial charge on any atom is 0.305 e. The molecule has 0 aliphatic heterocycles. The first-order valence-electron chi connectivity index (χ1n) is 8.32. The van der Waals surface area contributed by atoms with Gasteiger partial charge in [-0.2, -0.15) is 0 Å². The Morgan fingerprint density at radius 3 is 2.40 bits per heavy atom. The van der Waals surface area contributed by atoms with Gasteiger partial charge < -0.3 is 9.88 Å². The third-order valence-corrected chi connectivity index (χ3v) is 5.14. The molecule has 0 fully saturated rings. The molecule has 3 aromatic rings. The standard InChI is InChI=1S/C20H21FN2OS/c1-23(13-11-15-5-3-2-4-6-15)14-12-18-19(22-20(24)25-18)16-7-9-17(21)10-8-16/h2-10H,11-14H2,1H3,(H,22,24). The lowest BCUT2D eigenvalue weighted by Gasteiger charge is -2.16. The van der Waals surface area contributed by atoms with Crippen molar-refractivity contribution in [2.75, 3.05) is 20.1 Å². The van der Waals surface area contributed by atoms with E-state index in [4.69, 9.17) is 0 Å². The smallest absolute Gasteiger partial charge is 0.305 e. The average molecular weight is 356 g/mol. The minimum atomic E-state index is -0.275. The van der Waals surface area contributed by atoms with Crippen LogP contribution in [-0.2, 0) is 12.8 Å². The molecule has 0 bridgehead atoms. The zero-order valence-electron chi connectivity index (χ0n) is 14.2. The topological polar surface area (TPSA) is 36.1 Å². The van der Waals surface area contributed by atoms with E-state index < -0.39 is 0 Å². The molecule has 3 rings (SSSR count). The van der Waals surface area contributed by atoms with Gasteiger partial charge in [0.1, 0.15) is 5.82 Å². The number of aromatic nitrogens is 1. The van der Waals surface area contributed by atoms with E-state index in [1.807, 2.05) is 6.07 Å². The van der Waals surface area contributed by atoms with E-state index in [-0.39, 0.29) is 10.7 Å². The number of nitrogens with one attached hydrogen (secondary N) is 1. The molecule has 0 unspecified atom stereocenters. The number of nitrogens with zero attached hydrogens (tertiary/aromatic N) is 1. The summed E-state index contributed by atoms with van der Waals surface area (Å²) in [6, 6.07) is 16.7. The van der Waals surface area contributed by atoms with Crippen molar-refractivity contribution in [1.82, 2.24) is 9.88 Å². The summed E-state index contributed by atoms with van der Waals surface area (Å²) in [6.45, 7) is 1.84. The second-order valence-electron chi connectivity index (χ2n) is 6.11. The van der Waals surface area contributed by atoms with Crippen molar-refractivity contribution in [3.8, 4) is 11.3 Å². The van der Waals surface area contributed by atoms with E-state index in [0.29, 0.717) is 0 Å². The number of halogens is 1. The summed E-state index contributed by atoms with van der Waals surface area (Å²) >= 11 is 1.24. The monoisotopic (exact) mass is 356 g/mol. The Labute approximate surface area is 150 Å². The van der Waals surface area contributed by atoms with Gasteiger partial charge in [-0.15, -0.1) is 0 Å². The van der Waals surface area contributed by atoms with Crippen LogP contribution in [0.3, 0.4) is 0 Å². The summed E-state index contributed by atoms with van der Waals surface area (Å²) < 4.78 is 13.1. The van der Waals surface area contributed by atoms with Gasteiger partial charge in [0, 0.05) is 18.0 Å². The molecule has 0 radical (unpaired) electrons. The Balaban J connectivity index is 1.61. The van der Waals surface area contributed by atoms with Gasteiger partial charge in [0.05, 0.1) is 5.69 Å². The normalized spacial score (nSPS) is 11.2. The van der Waals surface area contributed by atoms with E-state index in [0.717, 1.165) is 42.1 Å². The number of aromatic amines is 1. The molecule has 0 saturated heterocycles. The Kier molecular flexibility index (Phi) is 5.79. The van der Waals surface area contributed by atoms with Crippen LogP contribution in [0.15, 0.2) is 59.4 Å². The van der Waals surface area contributed by atoms with Gasteiger partial charge in [0.15, 0.2) is 0 Å². The second-order valence-corrected chi connectivity index (χ2v) is 7.18. The van der Waals surface area contributed by atoms with Crippen LogP contribution in [0.25, 0.3) is 11.3 Å². The number of hydrogen-bond donors (Lipinski definition) is 1. The van der Waals surface area contributed by atoms with Crippen LogP contribution in [0.4, 0.5) is 4.39 Å². The number of likely N-dealkylation sites (N-methyl/N-ethyl adjacent to an activating group) is 1. The quantitative estimate of drug-likeness (QED) is 0.696. The van der Waals surface area contributed by atoms with E-state index in [1.54, 1.807) is 12.1 Å². The highest BCUT2D eigenvalue weighted by Gasteiger charge is 2.11. The molecule has 5 heteroatoms. The molecule has 1 N–H and O–H groups in total. The van der Waals surface area contributed by atoms with Gasteiger partial charge in [0.25, 0.3) is 0 Å². The molecule has 0 saturated carbocycles. The highest BCUT2D eigenvalue weighted by Crippen LogP contribution is 2.24. The van der Waals surface area contributed by atoms with Crippen molar-refractivity contribution in [3.05, 3.63) is 80.5 Å². The molecule has 0 aliphatic rings. The van der Waals surface area contributed by atoms with Gasteiger partial charge in [-0.3, -0.25) is 4.79 Å². The summed E-state index contributed by atoms with van der Waals surface area (Å²) in [4.78, 5) is 17.9. The molecule has 0 amide bonds. The molecular formula is C20H21FN2OS. The first-order valence-corrected chi connectivity index (χ1v) is 9.14. The van der Waals surface area contributed by atoms with E-state index in [9.17, 15) is 9.18 Å². The fraction of sp³-hybridized carbons (Fsp3) is 0.250. The van der Waals surface area contributed by atoms with Crippen LogP contribution < -0.4 is 4.87 Å². The van der Waals surface area contributed by atoms with Crippen molar-refractivity contribution in [3.63, 3.8) is 0 Å². The lowest BCUT2D eigenvalue weighted by molar-refractivity contribution is 0.344. The van der Waals surface area contributed by atoms with Crippen LogP contribution in [0.2, 0.25) is 0 Å². The Hall–Kier alpha value is -2.24. The molecule has 2 aromatic carbocycles. The maximum atomic E-state index is 13.1. The van der Waals surface area contributed by atoms with Gasteiger partial charge in [0.2, 0.25) is 0 Å². The van der Waals surface area contributed by atoms with Crippen molar-refractivity contribution in [1.29, 1.82) is 0 Å². The molecule has 0 spiro atoms. The third-order valence-electron chi connectivity index (χ3n) is 4.20. The average Bonchev–Trinajstić information content (AvgIpc) is 3.00. The SMILES string of the molecule is CN(CCc1ccccc1)CCc1sc(=O)[nH]c1-c1ccc(F)cc1.